The van der Waals surface area contributed by atoms with Gasteiger partial charge in [-0.1, -0.05) is 79.7 Å². The van der Waals surface area contributed by atoms with E-state index in [0.717, 1.165) is 31.2 Å². The maximum absolute atomic E-state index is 13.8. The summed E-state index contributed by atoms with van der Waals surface area (Å²) in [6, 6.07) is 26.9. The van der Waals surface area contributed by atoms with Crippen LogP contribution in [-0.4, -0.2) is 74.5 Å². The molecular formula is C35H35IN6O3. The lowest BCUT2D eigenvalue weighted by atomic mass is 9.97. The first kappa shape index (κ1) is 30.8. The van der Waals surface area contributed by atoms with Crippen LogP contribution in [-0.2, 0) is 29.1 Å². The third kappa shape index (κ3) is 6.45. The molecule has 6 rings (SSSR count). The summed E-state index contributed by atoms with van der Waals surface area (Å²) in [4.78, 5) is 48.8. The van der Waals surface area contributed by atoms with Crippen molar-refractivity contribution in [3.05, 3.63) is 117 Å². The molecule has 3 heterocycles. The third-order valence-corrected chi connectivity index (χ3v) is 9.45. The molecule has 2 fully saturated rings. The lowest BCUT2D eigenvalue weighted by Crippen LogP contribution is -2.63. The number of carbonyl (C=O) groups is 2. The molecule has 9 nitrogen and oxygen atoms in total. The van der Waals surface area contributed by atoms with Gasteiger partial charge in [0.25, 0.3) is 0 Å². The summed E-state index contributed by atoms with van der Waals surface area (Å²) in [5.41, 5.74) is 4.32. The second-order valence-electron chi connectivity index (χ2n) is 11.3. The number of fused-ring (bicyclic) bond motifs is 2. The number of amides is 3. The zero-order valence-electron chi connectivity index (χ0n) is 25.1. The van der Waals surface area contributed by atoms with E-state index in [9.17, 15) is 14.4 Å². The van der Waals surface area contributed by atoms with E-state index in [2.05, 4.69) is 44.9 Å². The highest BCUT2D eigenvalue weighted by atomic mass is 127. The molecule has 0 radical (unpaired) electrons. The number of benzene rings is 3. The van der Waals surface area contributed by atoms with Crippen LogP contribution >= 0.6 is 22.6 Å². The highest BCUT2D eigenvalue weighted by molar-refractivity contribution is 14.1. The molecule has 2 atom stereocenters. The average Bonchev–Trinajstić information content (AvgIpc) is 3.40. The first-order valence-corrected chi connectivity index (χ1v) is 16.3. The molecule has 45 heavy (non-hydrogen) atoms. The van der Waals surface area contributed by atoms with Gasteiger partial charge in [-0.3, -0.25) is 14.8 Å². The van der Waals surface area contributed by atoms with Crippen LogP contribution in [0.1, 0.15) is 30.0 Å². The van der Waals surface area contributed by atoms with E-state index in [1.807, 2.05) is 95.7 Å². The van der Waals surface area contributed by atoms with Crippen molar-refractivity contribution in [2.24, 2.45) is 0 Å². The Balaban J connectivity index is 1.36. The van der Waals surface area contributed by atoms with Gasteiger partial charge in [-0.2, -0.15) is 5.01 Å². The Kier molecular flexibility index (Phi) is 9.44. The van der Waals surface area contributed by atoms with Gasteiger partial charge in [-0.25, -0.2) is 9.59 Å². The SMILES string of the molecule is CCCN(C(=O)NCc1ccccc1)N1CC(=O)N2[C@@H](Cc3ccccc3)C(=C=O)N(Cc3c(I)ccc4cccnc34)C[C@@H]21. The van der Waals surface area contributed by atoms with Gasteiger partial charge in [0, 0.05) is 40.4 Å². The van der Waals surface area contributed by atoms with Crippen molar-refractivity contribution in [2.45, 2.75) is 45.1 Å². The summed E-state index contributed by atoms with van der Waals surface area (Å²) in [6.45, 7) is 3.64. The fourth-order valence-electron chi connectivity index (χ4n) is 6.34. The standard InChI is InChI=1S/C35H35IN6O3/c1-2-18-40(35(45)38-20-26-12-7-4-8-13-26)41-23-33(44)42-30(19-25-10-5-3-6-11-25)31(24-43)39(22-32(41)42)21-28-29(36)16-15-27-14-9-17-37-34(27)28/h3-17,30,32H,2,18-23H2,1H3,(H,38,45)/t30-,32+/m0/s1. The molecule has 2 aliphatic rings. The molecule has 2 aliphatic heterocycles. The van der Waals surface area contributed by atoms with Crippen LogP contribution in [0, 0.1) is 3.57 Å². The van der Waals surface area contributed by atoms with Gasteiger partial charge in [0.15, 0.2) is 0 Å². The van der Waals surface area contributed by atoms with Crippen molar-refractivity contribution < 1.29 is 14.4 Å². The molecule has 3 aromatic carbocycles. The smallest absolute Gasteiger partial charge is 0.332 e. The second-order valence-corrected chi connectivity index (χ2v) is 12.5. The molecule has 3 amide bonds. The van der Waals surface area contributed by atoms with E-state index < -0.39 is 12.2 Å². The molecule has 2 saturated heterocycles. The van der Waals surface area contributed by atoms with Gasteiger partial charge in [-0.15, -0.1) is 0 Å². The maximum Gasteiger partial charge on any atom is 0.332 e. The molecule has 1 N–H and O–H groups in total. The summed E-state index contributed by atoms with van der Waals surface area (Å²) < 4.78 is 1.04. The highest BCUT2D eigenvalue weighted by Crippen LogP contribution is 2.35. The molecule has 0 aliphatic carbocycles. The number of nitrogens with one attached hydrogen (secondary N) is 1. The van der Waals surface area contributed by atoms with Crippen LogP contribution in [0.25, 0.3) is 10.9 Å². The Bertz CT molecular complexity index is 1730. The number of aromatic nitrogens is 1. The second kappa shape index (κ2) is 13.8. The average molecular weight is 715 g/mol. The third-order valence-electron chi connectivity index (χ3n) is 8.44. The number of pyridine rings is 1. The number of nitrogens with zero attached hydrogens (tertiary/aromatic N) is 5. The van der Waals surface area contributed by atoms with Gasteiger partial charge >= 0.3 is 6.03 Å². The van der Waals surface area contributed by atoms with Gasteiger partial charge in [0.2, 0.25) is 5.91 Å². The number of carbonyl (C=O) groups excluding carboxylic acids is 3. The quantitative estimate of drug-likeness (QED) is 0.194. The molecular weight excluding hydrogens is 679 g/mol. The largest absolute Gasteiger partial charge is 0.356 e. The molecule has 4 aromatic rings. The van der Waals surface area contributed by atoms with Crippen LogP contribution in [0.2, 0.25) is 0 Å². The van der Waals surface area contributed by atoms with Crippen molar-refractivity contribution in [3.8, 4) is 0 Å². The number of rotatable bonds is 9. The molecule has 0 saturated carbocycles. The maximum atomic E-state index is 13.8. The Morgan fingerprint density at radius 1 is 1.02 bits per heavy atom. The van der Waals surface area contributed by atoms with Crippen molar-refractivity contribution in [2.75, 3.05) is 19.6 Å². The van der Waals surface area contributed by atoms with Crippen molar-refractivity contribution in [3.63, 3.8) is 0 Å². The number of urea groups is 1. The molecule has 230 valence electrons. The Morgan fingerprint density at radius 3 is 2.47 bits per heavy atom. The first-order valence-electron chi connectivity index (χ1n) is 15.2. The van der Waals surface area contributed by atoms with Crippen LogP contribution in [0.3, 0.4) is 0 Å². The molecule has 1 aromatic heterocycles. The van der Waals surface area contributed by atoms with E-state index >= 15 is 0 Å². The van der Waals surface area contributed by atoms with E-state index in [1.165, 1.54) is 0 Å². The highest BCUT2D eigenvalue weighted by Gasteiger charge is 2.51. The summed E-state index contributed by atoms with van der Waals surface area (Å²) in [7, 11) is 0. The first-order chi connectivity index (χ1) is 22.0. The van der Waals surface area contributed by atoms with E-state index in [0.29, 0.717) is 44.7 Å². The minimum Gasteiger partial charge on any atom is -0.356 e. The lowest BCUT2D eigenvalue weighted by Gasteiger charge is -2.48. The predicted octanol–water partition coefficient (Wildman–Crippen LogP) is 4.99. The number of hydrogen-bond acceptors (Lipinski definition) is 6. The minimum atomic E-state index is -0.544. The Morgan fingerprint density at radius 2 is 1.76 bits per heavy atom. The predicted molar refractivity (Wildman–Crippen MR) is 181 cm³/mol. The molecule has 0 spiro atoms. The summed E-state index contributed by atoms with van der Waals surface area (Å²) >= 11 is 2.32. The number of halogens is 1. The fourth-order valence-corrected chi connectivity index (χ4v) is 6.95. The van der Waals surface area contributed by atoms with Gasteiger partial charge < -0.3 is 15.1 Å². The van der Waals surface area contributed by atoms with E-state index in [-0.39, 0.29) is 18.5 Å². The normalized spacial score (nSPS) is 18.2. The Hall–Kier alpha value is -4.25. The fraction of sp³-hybridized carbons (Fsp3) is 0.286. The molecule has 0 bridgehead atoms. The van der Waals surface area contributed by atoms with Gasteiger partial charge in [0.05, 0.1) is 24.6 Å². The summed E-state index contributed by atoms with van der Waals surface area (Å²) in [5.74, 6) is 2.12. The lowest BCUT2D eigenvalue weighted by molar-refractivity contribution is -0.132. The van der Waals surface area contributed by atoms with Crippen molar-refractivity contribution >= 4 is 51.4 Å². The van der Waals surface area contributed by atoms with Crippen LogP contribution in [0.15, 0.2) is 96.8 Å². The van der Waals surface area contributed by atoms with Gasteiger partial charge in [0.1, 0.15) is 17.8 Å². The Labute approximate surface area is 276 Å². The van der Waals surface area contributed by atoms with E-state index in [1.54, 1.807) is 16.1 Å². The van der Waals surface area contributed by atoms with Crippen molar-refractivity contribution in [1.29, 1.82) is 0 Å². The number of piperazine rings is 1. The molecule has 0 unspecified atom stereocenters. The van der Waals surface area contributed by atoms with E-state index in [4.69, 9.17) is 0 Å². The molecule has 10 heteroatoms. The van der Waals surface area contributed by atoms with Crippen LogP contribution in [0.4, 0.5) is 4.79 Å². The number of hydrogen-bond donors (Lipinski definition) is 1. The van der Waals surface area contributed by atoms with Crippen LogP contribution in [0.5, 0.6) is 0 Å². The minimum absolute atomic E-state index is 0.0437. The van der Waals surface area contributed by atoms with Gasteiger partial charge in [-0.05, 0) is 58.7 Å². The van der Waals surface area contributed by atoms with Crippen LogP contribution < -0.4 is 5.32 Å². The topological polar surface area (TPSA) is 89.1 Å². The zero-order chi connectivity index (χ0) is 31.3. The van der Waals surface area contributed by atoms with Crippen molar-refractivity contribution in [1.82, 2.24) is 30.1 Å². The summed E-state index contributed by atoms with van der Waals surface area (Å²) in [6.07, 6.45) is 2.49. The zero-order valence-corrected chi connectivity index (χ0v) is 27.3. The monoisotopic (exact) mass is 714 g/mol. The number of hydrazine groups is 1. The summed E-state index contributed by atoms with van der Waals surface area (Å²) in [5, 5.41) is 7.61.